The van der Waals surface area contributed by atoms with Crippen molar-refractivity contribution in [2.75, 3.05) is 46.7 Å². The van der Waals surface area contributed by atoms with Crippen LogP contribution in [0.4, 0.5) is 11.6 Å². The summed E-state index contributed by atoms with van der Waals surface area (Å²) in [4.78, 5) is 26.8. The Balaban J connectivity index is 1.48. The first kappa shape index (κ1) is 24.0. The SMILES string of the molecule is COc1ccc(-c2ccnc(Nc3ccc4[nH]c(C(=O)NCCCN(C)C)cc4c3)n2)cc1OC. The molecule has 0 bridgehead atoms. The molecule has 3 N–H and O–H groups in total. The van der Waals surface area contributed by atoms with Crippen molar-refractivity contribution in [2.24, 2.45) is 0 Å². The second kappa shape index (κ2) is 10.9. The Morgan fingerprint density at radius 3 is 2.63 bits per heavy atom. The van der Waals surface area contributed by atoms with Crippen LogP contribution in [-0.4, -0.2) is 67.2 Å². The highest BCUT2D eigenvalue weighted by atomic mass is 16.5. The number of methoxy groups -OCH3 is 2. The van der Waals surface area contributed by atoms with Crippen LogP contribution in [-0.2, 0) is 0 Å². The number of carbonyl (C=O) groups is 1. The van der Waals surface area contributed by atoms with Gasteiger partial charge in [0.25, 0.3) is 5.91 Å². The maximum absolute atomic E-state index is 12.5. The van der Waals surface area contributed by atoms with Gasteiger partial charge in [0.2, 0.25) is 5.95 Å². The quantitative estimate of drug-likeness (QED) is 0.298. The summed E-state index contributed by atoms with van der Waals surface area (Å²) in [6.45, 7) is 1.56. The maximum atomic E-state index is 12.5. The van der Waals surface area contributed by atoms with Gasteiger partial charge in [0.05, 0.1) is 19.9 Å². The van der Waals surface area contributed by atoms with Crippen molar-refractivity contribution >= 4 is 28.4 Å². The zero-order chi connectivity index (χ0) is 24.8. The van der Waals surface area contributed by atoms with Gasteiger partial charge in [-0.2, -0.15) is 0 Å². The normalized spacial score (nSPS) is 11.0. The molecule has 2 heterocycles. The van der Waals surface area contributed by atoms with Crippen molar-refractivity contribution in [3.05, 3.63) is 60.4 Å². The Bertz CT molecular complexity index is 1320. The molecular formula is C26H30N6O3. The number of amides is 1. The smallest absolute Gasteiger partial charge is 0.267 e. The largest absolute Gasteiger partial charge is 0.493 e. The number of H-pyrrole nitrogens is 1. The summed E-state index contributed by atoms with van der Waals surface area (Å²) in [5.74, 6) is 1.64. The minimum atomic E-state index is -0.111. The molecule has 182 valence electrons. The highest BCUT2D eigenvalue weighted by Crippen LogP contribution is 2.32. The zero-order valence-corrected chi connectivity index (χ0v) is 20.4. The molecular weight excluding hydrogens is 444 g/mol. The number of rotatable bonds is 10. The number of benzene rings is 2. The van der Waals surface area contributed by atoms with E-state index < -0.39 is 0 Å². The molecule has 4 aromatic rings. The Morgan fingerprint density at radius 2 is 1.86 bits per heavy atom. The summed E-state index contributed by atoms with van der Waals surface area (Å²) >= 11 is 0. The van der Waals surface area contributed by atoms with E-state index in [1.807, 2.05) is 62.6 Å². The second-order valence-electron chi connectivity index (χ2n) is 8.36. The van der Waals surface area contributed by atoms with Crippen LogP contribution in [0.25, 0.3) is 22.2 Å². The topological polar surface area (TPSA) is 104 Å². The van der Waals surface area contributed by atoms with Crippen LogP contribution in [0, 0.1) is 0 Å². The lowest BCUT2D eigenvalue weighted by molar-refractivity contribution is 0.0948. The van der Waals surface area contributed by atoms with Crippen molar-refractivity contribution in [3.63, 3.8) is 0 Å². The molecule has 0 fully saturated rings. The average molecular weight is 475 g/mol. The lowest BCUT2D eigenvalue weighted by Gasteiger charge is -2.10. The van der Waals surface area contributed by atoms with Crippen LogP contribution in [0.15, 0.2) is 54.7 Å². The number of fused-ring (bicyclic) bond motifs is 1. The van der Waals surface area contributed by atoms with Gasteiger partial charge in [-0.15, -0.1) is 0 Å². The number of nitrogens with zero attached hydrogens (tertiary/aromatic N) is 3. The van der Waals surface area contributed by atoms with Gasteiger partial charge in [-0.1, -0.05) is 0 Å². The van der Waals surface area contributed by atoms with E-state index in [-0.39, 0.29) is 5.91 Å². The second-order valence-corrected chi connectivity index (χ2v) is 8.36. The maximum Gasteiger partial charge on any atom is 0.267 e. The molecule has 0 saturated carbocycles. The zero-order valence-electron chi connectivity index (χ0n) is 20.4. The number of hydrogen-bond acceptors (Lipinski definition) is 7. The van der Waals surface area contributed by atoms with E-state index in [9.17, 15) is 4.79 Å². The van der Waals surface area contributed by atoms with E-state index in [1.54, 1.807) is 20.4 Å². The molecule has 9 heteroatoms. The van der Waals surface area contributed by atoms with E-state index in [0.29, 0.717) is 29.7 Å². The molecule has 0 aliphatic carbocycles. The fourth-order valence-corrected chi connectivity index (χ4v) is 3.73. The molecule has 0 aliphatic heterocycles. The third kappa shape index (κ3) is 5.88. The van der Waals surface area contributed by atoms with Crippen LogP contribution < -0.4 is 20.1 Å². The monoisotopic (exact) mass is 474 g/mol. The molecule has 0 saturated heterocycles. The lowest BCUT2D eigenvalue weighted by Crippen LogP contribution is -2.27. The first-order valence-corrected chi connectivity index (χ1v) is 11.3. The van der Waals surface area contributed by atoms with Crippen LogP contribution in [0.5, 0.6) is 11.5 Å². The number of ether oxygens (including phenoxy) is 2. The van der Waals surface area contributed by atoms with Crippen molar-refractivity contribution in [1.82, 2.24) is 25.2 Å². The molecule has 35 heavy (non-hydrogen) atoms. The fourth-order valence-electron chi connectivity index (χ4n) is 3.73. The summed E-state index contributed by atoms with van der Waals surface area (Å²) in [7, 11) is 7.24. The number of aromatic nitrogens is 3. The van der Waals surface area contributed by atoms with Gasteiger partial charge in [-0.25, -0.2) is 9.97 Å². The summed E-state index contributed by atoms with van der Waals surface area (Å²) < 4.78 is 10.7. The first-order valence-electron chi connectivity index (χ1n) is 11.3. The summed E-state index contributed by atoms with van der Waals surface area (Å²) in [6.07, 6.45) is 2.60. The molecule has 9 nitrogen and oxygen atoms in total. The minimum absolute atomic E-state index is 0.111. The molecule has 0 unspecified atom stereocenters. The van der Waals surface area contributed by atoms with Crippen LogP contribution >= 0.6 is 0 Å². The summed E-state index contributed by atoms with van der Waals surface area (Å²) in [5.41, 5.74) is 3.87. The third-order valence-corrected chi connectivity index (χ3v) is 5.52. The number of carbonyl (C=O) groups excluding carboxylic acids is 1. The minimum Gasteiger partial charge on any atom is -0.493 e. The molecule has 0 radical (unpaired) electrons. The predicted octanol–water partition coefficient (Wildman–Crippen LogP) is 4.07. The molecule has 0 atom stereocenters. The van der Waals surface area contributed by atoms with Gasteiger partial charge in [0, 0.05) is 34.9 Å². The lowest BCUT2D eigenvalue weighted by atomic mass is 10.1. The average Bonchev–Trinajstić information content (AvgIpc) is 3.30. The number of hydrogen-bond donors (Lipinski definition) is 3. The van der Waals surface area contributed by atoms with Gasteiger partial charge in [0.1, 0.15) is 5.69 Å². The summed E-state index contributed by atoms with van der Waals surface area (Å²) in [5, 5.41) is 7.13. The Kier molecular flexibility index (Phi) is 7.47. The molecule has 1 amide bonds. The number of nitrogens with one attached hydrogen (secondary N) is 3. The van der Waals surface area contributed by atoms with E-state index in [2.05, 4.69) is 30.5 Å². The van der Waals surface area contributed by atoms with Crippen LogP contribution in [0.2, 0.25) is 0 Å². The summed E-state index contributed by atoms with van der Waals surface area (Å²) in [6, 6.07) is 15.1. The van der Waals surface area contributed by atoms with Crippen molar-refractivity contribution in [2.45, 2.75) is 6.42 Å². The van der Waals surface area contributed by atoms with Crippen molar-refractivity contribution in [3.8, 4) is 22.8 Å². The fraction of sp³-hybridized carbons (Fsp3) is 0.269. The van der Waals surface area contributed by atoms with Gasteiger partial charge >= 0.3 is 0 Å². The standard InChI is InChI=1S/C26H30N6O3/c1-32(2)13-5-11-27-25(33)22-15-18-14-19(7-8-20(18)30-22)29-26-28-12-10-21(31-26)17-6-9-23(34-3)24(16-17)35-4/h6-10,12,14-16,30H,5,11,13H2,1-4H3,(H,27,33)(H,28,29,31). The molecule has 0 aliphatic rings. The van der Waals surface area contributed by atoms with Crippen LogP contribution in [0.3, 0.4) is 0 Å². The van der Waals surface area contributed by atoms with Gasteiger partial charge in [-0.3, -0.25) is 4.79 Å². The number of anilines is 2. The Hall–Kier alpha value is -4.11. The predicted molar refractivity (Wildman–Crippen MR) is 138 cm³/mol. The van der Waals surface area contributed by atoms with Gasteiger partial charge in [-0.05, 0) is 75.6 Å². The first-order chi connectivity index (χ1) is 17.0. The van der Waals surface area contributed by atoms with E-state index >= 15 is 0 Å². The van der Waals surface area contributed by atoms with Crippen molar-refractivity contribution < 1.29 is 14.3 Å². The molecule has 4 rings (SSSR count). The van der Waals surface area contributed by atoms with Crippen LogP contribution in [0.1, 0.15) is 16.9 Å². The molecule has 2 aromatic heterocycles. The van der Waals surface area contributed by atoms with E-state index in [4.69, 9.17) is 9.47 Å². The Morgan fingerprint density at radius 1 is 1.03 bits per heavy atom. The molecule has 0 spiro atoms. The Labute approximate surface area is 204 Å². The van der Waals surface area contributed by atoms with E-state index in [1.165, 1.54) is 0 Å². The third-order valence-electron chi connectivity index (χ3n) is 5.52. The molecule has 2 aromatic carbocycles. The highest BCUT2D eigenvalue weighted by molar-refractivity contribution is 5.98. The van der Waals surface area contributed by atoms with E-state index in [0.717, 1.165) is 40.8 Å². The highest BCUT2D eigenvalue weighted by Gasteiger charge is 2.11. The number of aromatic amines is 1. The van der Waals surface area contributed by atoms with Gasteiger partial charge < -0.3 is 30.0 Å². The van der Waals surface area contributed by atoms with Crippen molar-refractivity contribution in [1.29, 1.82) is 0 Å². The van der Waals surface area contributed by atoms with Gasteiger partial charge in [0.15, 0.2) is 11.5 Å².